The molecular formula is C23H23BrN4S. The number of amidine groups is 1. The van der Waals surface area contributed by atoms with E-state index in [-0.39, 0.29) is 12.1 Å². The SMILES string of the molecule is Cc1cc([C@H]2[C@H](c3ccccn3)N=C3S[C@@H](C)CN32)c(C)n1-c1ccccc1Br. The fourth-order valence-electron chi connectivity index (χ4n) is 4.54. The van der Waals surface area contributed by atoms with Gasteiger partial charge in [-0.05, 0) is 65.7 Å². The van der Waals surface area contributed by atoms with Crippen LogP contribution in [-0.4, -0.2) is 31.4 Å². The van der Waals surface area contributed by atoms with Crippen molar-refractivity contribution in [3.63, 3.8) is 0 Å². The van der Waals surface area contributed by atoms with Crippen molar-refractivity contribution in [2.75, 3.05) is 6.54 Å². The van der Waals surface area contributed by atoms with Crippen LogP contribution in [0.4, 0.5) is 0 Å². The van der Waals surface area contributed by atoms with Crippen molar-refractivity contribution in [2.45, 2.75) is 38.1 Å². The molecule has 3 aromatic rings. The van der Waals surface area contributed by atoms with Gasteiger partial charge < -0.3 is 9.47 Å². The quantitative estimate of drug-likeness (QED) is 0.485. The van der Waals surface area contributed by atoms with Crippen LogP contribution in [0.1, 0.15) is 41.7 Å². The van der Waals surface area contributed by atoms with Crippen LogP contribution in [0.2, 0.25) is 0 Å². The Kier molecular flexibility index (Phi) is 4.79. The van der Waals surface area contributed by atoms with Gasteiger partial charge in [0.15, 0.2) is 5.17 Å². The van der Waals surface area contributed by atoms with E-state index in [4.69, 9.17) is 4.99 Å². The predicted octanol–water partition coefficient (Wildman–Crippen LogP) is 5.84. The standard InChI is InChI=1S/C23H23BrN4S/c1-14-12-17(16(3)28(14)20-10-5-4-8-18(20)24)22-21(19-9-6-7-11-25-19)26-23-27(22)13-15(2)29-23/h4-12,15,21-22H,13H2,1-3H3/t15-,21-,22-/m0/s1. The third-order valence-corrected chi connectivity index (χ3v) is 7.54. The molecule has 148 valence electrons. The first-order valence-corrected chi connectivity index (χ1v) is 11.6. The summed E-state index contributed by atoms with van der Waals surface area (Å²) in [6.45, 7) is 7.71. The maximum absolute atomic E-state index is 5.12. The van der Waals surface area contributed by atoms with Crippen molar-refractivity contribution < 1.29 is 0 Å². The fourth-order valence-corrected chi connectivity index (χ4v) is 6.10. The molecule has 0 amide bonds. The summed E-state index contributed by atoms with van der Waals surface area (Å²) in [6, 6.07) is 17.1. The number of thioether (sulfide) groups is 1. The van der Waals surface area contributed by atoms with Crippen LogP contribution in [0.25, 0.3) is 5.69 Å². The van der Waals surface area contributed by atoms with Gasteiger partial charge in [0.1, 0.15) is 6.04 Å². The highest BCUT2D eigenvalue weighted by Crippen LogP contribution is 2.49. The van der Waals surface area contributed by atoms with Gasteiger partial charge in [0.25, 0.3) is 0 Å². The summed E-state index contributed by atoms with van der Waals surface area (Å²) in [4.78, 5) is 12.3. The minimum absolute atomic E-state index is 0.0272. The fraction of sp³-hybridized carbons (Fsp3) is 0.304. The van der Waals surface area contributed by atoms with Crippen molar-refractivity contribution in [3.05, 3.63) is 81.8 Å². The Hall–Kier alpha value is -2.05. The second-order valence-corrected chi connectivity index (χ2v) is 10.0. The molecule has 5 rings (SSSR count). The summed E-state index contributed by atoms with van der Waals surface area (Å²) in [5, 5.41) is 1.72. The molecule has 4 nitrogen and oxygen atoms in total. The van der Waals surface area contributed by atoms with Gasteiger partial charge in [0, 0.05) is 33.9 Å². The minimum atomic E-state index is 0.0272. The smallest absolute Gasteiger partial charge is 0.160 e. The number of pyridine rings is 1. The van der Waals surface area contributed by atoms with Crippen molar-refractivity contribution in [2.24, 2.45) is 4.99 Å². The second-order valence-electron chi connectivity index (χ2n) is 7.75. The van der Waals surface area contributed by atoms with Gasteiger partial charge in [-0.2, -0.15) is 0 Å². The number of halogens is 1. The number of hydrogen-bond donors (Lipinski definition) is 0. The molecule has 2 aliphatic heterocycles. The number of aliphatic imine (C=N–C) groups is 1. The number of nitrogens with zero attached hydrogens (tertiary/aromatic N) is 4. The molecule has 2 aromatic heterocycles. The molecule has 2 aliphatic rings. The van der Waals surface area contributed by atoms with Gasteiger partial charge in [0.2, 0.25) is 0 Å². The molecule has 6 heteroatoms. The summed E-state index contributed by atoms with van der Waals surface area (Å²) in [5.41, 5.74) is 6.05. The Morgan fingerprint density at radius 3 is 2.66 bits per heavy atom. The van der Waals surface area contributed by atoms with E-state index < -0.39 is 0 Å². The first-order chi connectivity index (χ1) is 14.0. The van der Waals surface area contributed by atoms with Crippen molar-refractivity contribution in [1.82, 2.24) is 14.5 Å². The molecule has 0 radical (unpaired) electrons. The number of aromatic nitrogens is 2. The molecule has 0 bridgehead atoms. The van der Waals surface area contributed by atoms with Gasteiger partial charge in [-0.1, -0.05) is 36.9 Å². The van der Waals surface area contributed by atoms with Gasteiger partial charge in [-0.3, -0.25) is 9.98 Å². The molecule has 0 saturated carbocycles. The number of fused-ring (bicyclic) bond motifs is 1. The highest BCUT2D eigenvalue weighted by atomic mass is 79.9. The van der Waals surface area contributed by atoms with Crippen molar-refractivity contribution >= 4 is 32.9 Å². The zero-order valence-electron chi connectivity index (χ0n) is 16.7. The highest BCUT2D eigenvalue weighted by molar-refractivity contribution is 9.10. The molecule has 3 atom stereocenters. The van der Waals surface area contributed by atoms with E-state index in [9.17, 15) is 0 Å². The molecule has 29 heavy (non-hydrogen) atoms. The second kappa shape index (κ2) is 7.33. The number of aryl methyl sites for hydroxylation is 1. The van der Waals surface area contributed by atoms with Gasteiger partial charge >= 0.3 is 0 Å². The predicted molar refractivity (Wildman–Crippen MR) is 124 cm³/mol. The Bertz CT molecular complexity index is 1090. The average molecular weight is 467 g/mol. The molecular weight excluding hydrogens is 444 g/mol. The Labute approximate surface area is 184 Å². The molecule has 1 saturated heterocycles. The van der Waals surface area contributed by atoms with E-state index >= 15 is 0 Å². The van der Waals surface area contributed by atoms with Gasteiger partial charge in [-0.15, -0.1) is 0 Å². The van der Waals surface area contributed by atoms with E-state index in [2.05, 4.69) is 93.6 Å². The lowest BCUT2D eigenvalue weighted by atomic mass is 9.96. The van der Waals surface area contributed by atoms with Crippen LogP contribution >= 0.6 is 27.7 Å². The van der Waals surface area contributed by atoms with Gasteiger partial charge in [0.05, 0.1) is 17.4 Å². The maximum atomic E-state index is 5.12. The number of rotatable bonds is 3. The monoisotopic (exact) mass is 466 g/mol. The third kappa shape index (κ3) is 3.13. The summed E-state index contributed by atoms with van der Waals surface area (Å²) >= 11 is 5.61. The van der Waals surface area contributed by atoms with Crippen LogP contribution in [0.5, 0.6) is 0 Å². The van der Waals surface area contributed by atoms with Crippen molar-refractivity contribution in [3.8, 4) is 5.69 Å². The molecule has 0 N–H and O–H groups in total. The van der Waals surface area contributed by atoms with Gasteiger partial charge in [-0.25, -0.2) is 0 Å². The topological polar surface area (TPSA) is 33.4 Å². The Morgan fingerprint density at radius 1 is 1.10 bits per heavy atom. The third-order valence-electron chi connectivity index (χ3n) is 5.76. The molecule has 0 aliphatic carbocycles. The van der Waals surface area contributed by atoms with Crippen LogP contribution in [0.15, 0.2) is 64.2 Å². The lowest BCUT2D eigenvalue weighted by Gasteiger charge is -2.27. The van der Waals surface area contributed by atoms with E-state index in [1.807, 2.05) is 24.0 Å². The van der Waals surface area contributed by atoms with Crippen LogP contribution in [0.3, 0.4) is 0 Å². The summed E-state index contributed by atoms with van der Waals surface area (Å²) in [5.74, 6) is 0. The highest BCUT2D eigenvalue weighted by Gasteiger charge is 2.44. The molecule has 1 aromatic carbocycles. The average Bonchev–Trinajstić information content (AvgIpc) is 3.33. The van der Waals surface area contributed by atoms with Crippen LogP contribution < -0.4 is 0 Å². The normalized spacial score (nSPS) is 23.4. The minimum Gasteiger partial charge on any atom is -0.341 e. The summed E-state index contributed by atoms with van der Waals surface area (Å²) in [6.07, 6.45) is 1.87. The first-order valence-electron chi connectivity index (χ1n) is 9.90. The molecule has 0 spiro atoms. The van der Waals surface area contributed by atoms with Crippen LogP contribution in [-0.2, 0) is 0 Å². The van der Waals surface area contributed by atoms with Crippen LogP contribution in [0, 0.1) is 13.8 Å². The number of para-hydroxylation sites is 1. The van der Waals surface area contributed by atoms with E-state index in [0.717, 1.165) is 21.9 Å². The maximum Gasteiger partial charge on any atom is 0.160 e. The van der Waals surface area contributed by atoms with Crippen molar-refractivity contribution in [1.29, 1.82) is 0 Å². The number of hydrogen-bond acceptors (Lipinski definition) is 4. The van der Waals surface area contributed by atoms with E-state index in [1.54, 1.807) is 0 Å². The molecule has 4 heterocycles. The lowest BCUT2D eigenvalue weighted by molar-refractivity contribution is 0.320. The lowest BCUT2D eigenvalue weighted by Crippen LogP contribution is -2.28. The van der Waals surface area contributed by atoms with E-state index in [0.29, 0.717) is 5.25 Å². The number of benzene rings is 1. The molecule has 1 fully saturated rings. The Morgan fingerprint density at radius 2 is 1.90 bits per heavy atom. The first kappa shape index (κ1) is 18.9. The largest absolute Gasteiger partial charge is 0.341 e. The summed E-state index contributed by atoms with van der Waals surface area (Å²) < 4.78 is 3.45. The summed E-state index contributed by atoms with van der Waals surface area (Å²) in [7, 11) is 0. The zero-order valence-corrected chi connectivity index (χ0v) is 19.1. The molecule has 0 unspecified atom stereocenters. The van der Waals surface area contributed by atoms with E-state index in [1.165, 1.54) is 22.6 Å². The zero-order chi connectivity index (χ0) is 20.1. The Balaban J connectivity index is 1.64.